The van der Waals surface area contributed by atoms with Gasteiger partial charge in [0.05, 0.1) is 0 Å². The maximum Gasteiger partial charge on any atom is 0.0407 e. The Morgan fingerprint density at radius 2 is 1.69 bits per heavy atom. The van der Waals surface area contributed by atoms with Crippen LogP contribution in [-0.2, 0) is 0 Å². The monoisotopic (exact) mass is 276 g/mol. The lowest BCUT2D eigenvalue weighted by Crippen LogP contribution is -1.93. The van der Waals surface area contributed by atoms with Crippen molar-refractivity contribution < 1.29 is 0 Å². The third-order valence-corrected chi connectivity index (χ3v) is 2.76. The normalized spacial score (nSPS) is 10.1. The third-order valence-electron chi connectivity index (χ3n) is 2.23. The van der Waals surface area contributed by atoms with Gasteiger partial charge >= 0.3 is 0 Å². The number of aryl methyl sites for hydroxylation is 1. The molecule has 2 aromatic rings. The van der Waals surface area contributed by atoms with Gasteiger partial charge in [-0.15, -0.1) is 0 Å². The van der Waals surface area contributed by atoms with Crippen LogP contribution < -0.4 is 11.1 Å². The SMILES string of the molecule is Cc1cc(N)cc(Nc2ccc(Br)cc2)c1. The molecule has 0 fully saturated rings. The van der Waals surface area contributed by atoms with Crippen LogP contribution in [0, 0.1) is 6.92 Å². The largest absolute Gasteiger partial charge is 0.399 e. The summed E-state index contributed by atoms with van der Waals surface area (Å²) in [6.45, 7) is 2.03. The summed E-state index contributed by atoms with van der Waals surface area (Å²) >= 11 is 3.41. The lowest BCUT2D eigenvalue weighted by molar-refractivity contribution is 1.45. The number of nitrogens with one attached hydrogen (secondary N) is 1. The fourth-order valence-corrected chi connectivity index (χ4v) is 1.85. The van der Waals surface area contributed by atoms with E-state index in [4.69, 9.17) is 5.73 Å². The Morgan fingerprint density at radius 3 is 2.31 bits per heavy atom. The number of benzene rings is 2. The van der Waals surface area contributed by atoms with Gasteiger partial charge in [0.2, 0.25) is 0 Å². The molecule has 0 heterocycles. The van der Waals surface area contributed by atoms with Gasteiger partial charge in [-0.25, -0.2) is 0 Å². The molecule has 82 valence electrons. The summed E-state index contributed by atoms with van der Waals surface area (Å²) in [6, 6.07) is 14.0. The van der Waals surface area contributed by atoms with E-state index >= 15 is 0 Å². The van der Waals surface area contributed by atoms with Gasteiger partial charge in [-0.2, -0.15) is 0 Å². The second kappa shape index (κ2) is 4.58. The summed E-state index contributed by atoms with van der Waals surface area (Å²) in [7, 11) is 0. The van der Waals surface area contributed by atoms with Crippen molar-refractivity contribution >= 4 is 33.0 Å². The summed E-state index contributed by atoms with van der Waals surface area (Å²) < 4.78 is 1.07. The number of hydrogen-bond acceptors (Lipinski definition) is 2. The standard InChI is InChI=1S/C13H13BrN2/c1-9-6-11(15)8-13(7-9)16-12-4-2-10(14)3-5-12/h2-8,16H,15H2,1H3. The van der Waals surface area contributed by atoms with E-state index in [1.807, 2.05) is 43.3 Å². The number of nitrogen functional groups attached to an aromatic ring is 1. The van der Waals surface area contributed by atoms with E-state index in [9.17, 15) is 0 Å². The van der Waals surface area contributed by atoms with Crippen molar-refractivity contribution in [3.8, 4) is 0 Å². The van der Waals surface area contributed by atoms with Crippen LogP contribution in [0.1, 0.15) is 5.56 Å². The van der Waals surface area contributed by atoms with Crippen LogP contribution in [0.3, 0.4) is 0 Å². The highest BCUT2D eigenvalue weighted by atomic mass is 79.9. The van der Waals surface area contributed by atoms with Crippen molar-refractivity contribution in [2.45, 2.75) is 6.92 Å². The maximum atomic E-state index is 5.79. The Morgan fingerprint density at radius 1 is 1.00 bits per heavy atom. The van der Waals surface area contributed by atoms with E-state index in [-0.39, 0.29) is 0 Å². The Hall–Kier alpha value is -1.48. The molecule has 0 aliphatic carbocycles. The maximum absolute atomic E-state index is 5.79. The number of anilines is 3. The predicted octanol–water partition coefficient (Wildman–Crippen LogP) is 4.08. The second-order valence-corrected chi connectivity index (χ2v) is 4.68. The molecule has 3 N–H and O–H groups in total. The van der Waals surface area contributed by atoms with Crippen molar-refractivity contribution in [3.63, 3.8) is 0 Å². The zero-order valence-corrected chi connectivity index (χ0v) is 10.6. The summed E-state index contributed by atoms with van der Waals surface area (Å²) in [5.41, 5.74) is 9.78. The number of nitrogens with two attached hydrogens (primary N) is 1. The van der Waals surface area contributed by atoms with Gasteiger partial charge in [0.1, 0.15) is 0 Å². The van der Waals surface area contributed by atoms with Crippen molar-refractivity contribution in [2.24, 2.45) is 0 Å². The molecule has 0 aromatic heterocycles. The molecule has 0 aliphatic heterocycles. The van der Waals surface area contributed by atoms with E-state index in [0.29, 0.717) is 0 Å². The molecule has 0 aliphatic rings. The Kier molecular flexibility index (Phi) is 3.15. The molecule has 0 bridgehead atoms. The highest BCUT2D eigenvalue weighted by molar-refractivity contribution is 9.10. The van der Waals surface area contributed by atoms with Gasteiger partial charge in [0.15, 0.2) is 0 Å². The fraction of sp³-hybridized carbons (Fsp3) is 0.0769. The van der Waals surface area contributed by atoms with Crippen LogP contribution in [0.25, 0.3) is 0 Å². The van der Waals surface area contributed by atoms with Crippen molar-refractivity contribution in [2.75, 3.05) is 11.1 Å². The van der Waals surface area contributed by atoms with Gasteiger partial charge < -0.3 is 11.1 Å². The average molecular weight is 277 g/mol. The average Bonchev–Trinajstić information content (AvgIpc) is 2.20. The van der Waals surface area contributed by atoms with Crippen molar-refractivity contribution in [1.29, 1.82) is 0 Å². The first kappa shape index (κ1) is 11.0. The number of halogens is 1. The lowest BCUT2D eigenvalue weighted by Gasteiger charge is -2.08. The summed E-state index contributed by atoms with van der Waals surface area (Å²) in [6.07, 6.45) is 0. The summed E-state index contributed by atoms with van der Waals surface area (Å²) in [4.78, 5) is 0. The zero-order chi connectivity index (χ0) is 11.5. The summed E-state index contributed by atoms with van der Waals surface area (Å²) in [5, 5.41) is 3.31. The molecule has 0 saturated carbocycles. The highest BCUT2D eigenvalue weighted by Crippen LogP contribution is 2.22. The molecule has 16 heavy (non-hydrogen) atoms. The fourth-order valence-electron chi connectivity index (χ4n) is 1.58. The topological polar surface area (TPSA) is 38.0 Å². The first-order valence-corrected chi connectivity index (χ1v) is 5.82. The molecule has 0 saturated heterocycles. The van der Waals surface area contributed by atoms with Gasteiger partial charge in [0.25, 0.3) is 0 Å². The minimum absolute atomic E-state index is 0.777. The highest BCUT2D eigenvalue weighted by Gasteiger charge is 1.97. The Balaban J connectivity index is 2.23. The van der Waals surface area contributed by atoms with Gasteiger partial charge in [-0.05, 0) is 55.0 Å². The van der Waals surface area contributed by atoms with E-state index < -0.39 is 0 Å². The summed E-state index contributed by atoms with van der Waals surface area (Å²) in [5.74, 6) is 0. The van der Waals surface area contributed by atoms with Gasteiger partial charge in [0, 0.05) is 21.5 Å². The first-order chi connectivity index (χ1) is 7.63. The molecule has 0 unspecified atom stereocenters. The smallest absolute Gasteiger partial charge is 0.0407 e. The lowest BCUT2D eigenvalue weighted by atomic mass is 10.2. The minimum Gasteiger partial charge on any atom is -0.399 e. The van der Waals surface area contributed by atoms with E-state index in [0.717, 1.165) is 27.1 Å². The van der Waals surface area contributed by atoms with Crippen LogP contribution >= 0.6 is 15.9 Å². The van der Waals surface area contributed by atoms with Crippen LogP contribution in [0.2, 0.25) is 0 Å². The molecule has 2 nitrogen and oxygen atoms in total. The van der Waals surface area contributed by atoms with E-state index in [1.165, 1.54) is 0 Å². The van der Waals surface area contributed by atoms with Crippen LogP contribution in [0.4, 0.5) is 17.1 Å². The molecule has 2 rings (SSSR count). The van der Waals surface area contributed by atoms with Crippen LogP contribution in [-0.4, -0.2) is 0 Å². The van der Waals surface area contributed by atoms with Crippen molar-refractivity contribution in [1.82, 2.24) is 0 Å². The molecular formula is C13H13BrN2. The minimum atomic E-state index is 0.777. The van der Waals surface area contributed by atoms with E-state index in [1.54, 1.807) is 0 Å². The van der Waals surface area contributed by atoms with Crippen LogP contribution in [0.15, 0.2) is 46.9 Å². The molecule has 0 atom stereocenters. The predicted molar refractivity (Wildman–Crippen MR) is 73.0 cm³/mol. The molecular weight excluding hydrogens is 264 g/mol. The molecule has 2 aromatic carbocycles. The number of hydrogen-bond donors (Lipinski definition) is 2. The zero-order valence-electron chi connectivity index (χ0n) is 9.00. The van der Waals surface area contributed by atoms with Gasteiger partial charge in [-0.1, -0.05) is 15.9 Å². The second-order valence-electron chi connectivity index (χ2n) is 3.76. The Bertz CT molecular complexity index is 472. The molecule has 0 spiro atoms. The van der Waals surface area contributed by atoms with Crippen LogP contribution in [0.5, 0.6) is 0 Å². The van der Waals surface area contributed by atoms with Crippen molar-refractivity contribution in [3.05, 3.63) is 52.5 Å². The molecule has 3 heteroatoms. The molecule has 0 radical (unpaired) electrons. The Labute approximate surface area is 104 Å². The quantitative estimate of drug-likeness (QED) is 0.811. The first-order valence-electron chi connectivity index (χ1n) is 5.03. The number of rotatable bonds is 2. The van der Waals surface area contributed by atoms with E-state index in [2.05, 4.69) is 27.3 Å². The van der Waals surface area contributed by atoms with Gasteiger partial charge in [-0.3, -0.25) is 0 Å². The third kappa shape index (κ3) is 2.76. The molecule has 0 amide bonds.